The van der Waals surface area contributed by atoms with E-state index in [2.05, 4.69) is 0 Å². The summed E-state index contributed by atoms with van der Waals surface area (Å²) in [6, 6.07) is 0. The minimum atomic E-state index is -6.02. The fourth-order valence-corrected chi connectivity index (χ4v) is 0. The van der Waals surface area contributed by atoms with Crippen LogP contribution in [0.2, 0.25) is 0 Å². The average molecular weight is 568 g/mol. The van der Waals surface area contributed by atoms with Crippen molar-refractivity contribution >= 4 is 26.2 Å². The quantitative estimate of drug-likeness (QED) is 0.261. The summed E-state index contributed by atoms with van der Waals surface area (Å²) in [4.78, 5) is 0. The average Bonchev–Trinajstić information content (AvgIpc) is 1.12. The molecule has 0 spiro atoms. The van der Waals surface area contributed by atoms with E-state index in [0.717, 1.165) is 0 Å². The van der Waals surface area contributed by atoms with E-state index in [1.807, 2.05) is 0 Å². The molecule has 0 atom stereocenters. The monoisotopic (exact) mass is 572 g/mol. The summed E-state index contributed by atoms with van der Waals surface area (Å²) in [6.07, 6.45) is 0. The Balaban J connectivity index is -0.0000000457. The van der Waals surface area contributed by atoms with Crippen molar-refractivity contribution in [2.24, 2.45) is 0 Å². The molecule has 66 valence electrons. The molecule has 0 aliphatic rings. The van der Waals surface area contributed by atoms with Gasteiger partial charge < -0.3 is 0 Å². The summed E-state index contributed by atoms with van der Waals surface area (Å²) in [6.45, 7) is 0. The fraction of sp³-hybridized carbons (Fsp3) is 0. The van der Waals surface area contributed by atoms with Crippen LogP contribution in [-0.4, -0.2) is 26.2 Å². The number of rotatable bonds is 0. The van der Waals surface area contributed by atoms with Gasteiger partial charge in [0.05, 0.1) is 0 Å². The van der Waals surface area contributed by atoms with E-state index in [0.29, 0.717) is 0 Å². The van der Waals surface area contributed by atoms with Crippen molar-refractivity contribution in [2.45, 2.75) is 0 Å². The molecular weight excluding hydrogens is 568 g/mol. The van der Waals surface area contributed by atoms with Gasteiger partial charge in [0.2, 0.25) is 0 Å². The van der Waals surface area contributed by atoms with Gasteiger partial charge in [-0.3, -0.25) is 0 Å². The molecule has 12 heteroatoms. The Kier molecular flexibility index (Phi) is 21.1. The van der Waals surface area contributed by atoms with Crippen LogP contribution in [0.25, 0.3) is 0 Å². The first-order valence-electron chi connectivity index (χ1n) is 1.33. The molecule has 0 N–H and O–H groups in total. The SMILES string of the molecule is [Bi+3].[K+].[O]=[Mo](=[O])([O-])[O-].[O]=[Mo](=[O])([O-])[O-]. The van der Waals surface area contributed by atoms with E-state index in [4.69, 9.17) is 28.6 Å². The summed E-state index contributed by atoms with van der Waals surface area (Å²) >= 11 is -12.0. The Hall–Kier alpha value is 2.94. The summed E-state index contributed by atoms with van der Waals surface area (Å²) < 4.78 is 69.0. The Bertz CT molecular complexity index is 213. The van der Waals surface area contributed by atoms with Crippen LogP contribution in [0.3, 0.4) is 0 Å². The van der Waals surface area contributed by atoms with E-state index in [-0.39, 0.29) is 77.6 Å². The third-order valence-electron chi connectivity index (χ3n) is 0. The second-order valence-corrected chi connectivity index (χ2v) is 4.83. The Morgan fingerprint density at radius 1 is 0.667 bits per heavy atom. The molecule has 0 saturated carbocycles. The summed E-state index contributed by atoms with van der Waals surface area (Å²) in [5.41, 5.74) is 0. The van der Waals surface area contributed by atoms with Crippen molar-refractivity contribution in [3.05, 3.63) is 0 Å². The molecule has 0 aromatic rings. The van der Waals surface area contributed by atoms with Crippen molar-refractivity contribution in [1.29, 1.82) is 0 Å². The molecule has 0 saturated heterocycles. The van der Waals surface area contributed by atoms with Crippen molar-refractivity contribution < 1.29 is 114 Å². The first-order valence-corrected chi connectivity index (χ1v) is 7.89. The van der Waals surface area contributed by atoms with E-state index in [9.17, 15) is 0 Å². The predicted octanol–water partition coefficient (Wildman–Crippen LogP) is -8.61. The Morgan fingerprint density at radius 3 is 0.667 bits per heavy atom. The van der Waals surface area contributed by atoms with Crippen LogP contribution in [0.5, 0.6) is 0 Å². The Labute approximate surface area is 136 Å². The van der Waals surface area contributed by atoms with Gasteiger partial charge in [0.1, 0.15) is 0 Å². The maximum atomic E-state index is 8.63. The molecule has 8 nitrogen and oxygen atoms in total. The fourth-order valence-electron chi connectivity index (χ4n) is 0. The van der Waals surface area contributed by atoms with E-state index in [1.165, 1.54) is 0 Å². The molecule has 0 fully saturated rings. The van der Waals surface area contributed by atoms with Gasteiger partial charge >= 0.3 is 140 Å². The van der Waals surface area contributed by atoms with Gasteiger partial charge in [-0.25, -0.2) is 0 Å². The zero-order valence-corrected chi connectivity index (χ0v) is 16.1. The molecule has 0 aromatic heterocycles. The molecule has 0 heterocycles. The molecule has 2 radical (unpaired) electrons. The maximum absolute atomic E-state index is 8.63. The second-order valence-electron chi connectivity index (χ2n) is 0.816. The third kappa shape index (κ3) is 214. The van der Waals surface area contributed by atoms with Crippen LogP contribution in [-0.2, 0) is 47.1 Å². The van der Waals surface area contributed by atoms with Crippen molar-refractivity contribution in [3.63, 3.8) is 0 Å². The topological polar surface area (TPSA) is 161 Å². The first kappa shape index (κ1) is 24.3. The first-order chi connectivity index (χ1) is 4.00. The molecule has 12 heavy (non-hydrogen) atoms. The predicted molar refractivity (Wildman–Crippen MR) is 8.50 cm³/mol. The van der Waals surface area contributed by atoms with E-state index in [1.54, 1.807) is 0 Å². The van der Waals surface area contributed by atoms with Gasteiger partial charge in [-0.2, -0.15) is 0 Å². The van der Waals surface area contributed by atoms with Crippen molar-refractivity contribution in [2.75, 3.05) is 0 Å². The van der Waals surface area contributed by atoms with Crippen LogP contribution in [0.4, 0.5) is 0 Å². The molecule has 0 aliphatic carbocycles. The zero-order valence-electron chi connectivity index (χ0n) is 5.53. The van der Waals surface area contributed by atoms with Gasteiger partial charge in [0, 0.05) is 0 Å². The Morgan fingerprint density at radius 2 is 0.667 bits per heavy atom. The van der Waals surface area contributed by atoms with Crippen LogP contribution in [0, 0.1) is 0 Å². The molecule has 0 bridgehead atoms. The summed E-state index contributed by atoms with van der Waals surface area (Å²) in [7, 11) is 0. The molecular formula is BiKMo2O8. The van der Waals surface area contributed by atoms with Crippen LogP contribution < -0.4 is 66.4 Å². The molecule has 0 aromatic carbocycles. The van der Waals surface area contributed by atoms with Gasteiger partial charge in [-0.1, -0.05) is 0 Å². The van der Waals surface area contributed by atoms with Gasteiger partial charge in [0.25, 0.3) is 0 Å². The van der Waals surface area contributed by atoms with Crippen LogP contribution in [0.15, 0.2) is 0 Å². The summed E-state index contributed by atoms with van der Waals surface area (Å²) in [5, 5.41) is 0. The minimum absolute atomic E-state index is 0. The summed E-state index contributed by atoms with van der Waals surface area (Å²) in [5.74, 6) is 0. The number of hydrogen-bond donors (Lipinski definition) is 0. The standard InChI is InChI=1S/Bi.K.2Mo.8O/q+3;+1;;;;;;;4*-1. The molecule has 0 aliphatic heterocycles. The molecule has 0 amide bonds. The van der Waals surface area contributed by atoms with Crippen molar-refractivity contribution in [3.8, 4) is 0 Å². The second kappa shape index (κ2) is 10.5. The van der Waals surface area contributed by atoms with E-state index < -0.39 is 33.5 Å². The van der Waals surface area contributed by atoms with E-state index >= 15 is 0 Å². The van der Waals surface area contributed by atoms with Gasteiger partial charge in [-0.15, -0.1) is 0 Å². The molecule has 0 rings (SSSR count). The number of hydrogen-bond acceptors (Lipinski definition) is 8. The third-order valence-corrected chi connectivity index (χ3v) is 0. The van der Waals surface area contributed by atoms with Gasteiger partial charge in [0.15, 0.2) is 0 Å². The normalized spacial score (nSPS) is 9.67. The van der Waals surface area contributed by atoms with Crippen LogP contribution >= 0.6 is 0 Å². The van der Waals surface area contributed by atoms with Gasteiger partial charge in [-0.05, 0) is 0 Å². The molecule has 0 unspecified atom stereocenters. The zero-order chi connectivity index (χ0) is 9.00. The van der Waals surface area contributed by atoms with Crippen molar-refractivity contribution in [1.82, 2.24) is 0 Å². The van der Waals surface area contributed by atoms with Crippen LogP contribution in [0.1, 0.15) is 0 Å².